The Balaban J connectivity index is 1.81. The highest BCUT2D eigenvalue weighted by molar-refractivity contribution is 5.93. The number of H-pyrrole nitrogens is 1. The van der Waals surface area contributed by atoms with Gasteiger partial charge in [-0.15, -0.1) is 0 Å². The van der Waals surface area contributed by atoms with Crippen LogP contribution in [-0.2, 0) is 6.42 Å². The Bertz CT molecular complexity index is 1040. The molecular formula is C21H23N5O. The van der Waals surface area contributed by atoms with Crippen LogP contribution in [0.25, 0.3) is 0 Å². The molecule has 2 aromatic carbocycles. The van der Waals surface area contributed by atoms with E-state index in [1.54, 1.807) is 6.92 Å². The molecule has 0 atom stereocenters. The molecule has 4 N–H and O–H groups in total. The van der Waals surface area contributed by atoms with Gasteiger partial charge in [0.05, 0.1) is 5.69 Å². The molecule has 0 unspecified atom stereocenters. The van der Waals surface area contributed by atoms with Gasteiger partial charge >= 0.3 is 0 Å². The summed E-state index contributed by atoms with van der Waals surface area (Å²) in [4.78, 5) is 23.7. The summed E-state index contributed by atoms with van der Waals surface area (Å²) in [6.45, 7) is 5.88. The van der Waals surface area contributed by atoms with Gasteiger partial charge in [-0.25, -0.2) is 4.98 Å². The average Bonchev–Trinajstić information content (AvgIpc) is 2.62. The van der Waals surface area contributed by atoms with Crippen molar-refractivity contribution in [1.82, 2.24) is 9.97 Å². The number of guanidine groups is 1. The van der Waals surface area contributed by atoms with Crippen molar-refractivity contribution in [3.8, 4) is 0 Å². The molecule has 0 radical (unpaired) electrons. The van der Waals surface area contributed by atoms with E-state index >= 15 is 0 Å². The topological polar surface area (TPSA) is 96.2 Å². The van der Waals surface area contributed by atoms with Crippen LogP contribution < -0.4 is 16.6 Å². The molecule has 0 amide bonds. The molecule has 0 aliphatic rings. The quantitative estimate of drug-likeness (QED) is 0.490. The fraction of sp³-hybridized carbons (Fsp3) is 0.190. The molecule has 0 saturated carbocycles. The number of hydrogen-bond donors (Lipinski definition) is 3. The summed E-state index contributed by atoms with van der Waals surface area (Å²) in [6.07, 6.45) is 0.523. The number of aliphatic imine (C=N–C) groups is 1. The number of nitrogens with two attached hydrogens (primary N) is 1. The summed E-state index contributed by atoms with van der Waals surface area (Å²) in [6, 6.07) is 15.7. The Kier molecular flexibility index (Phi) is 5.35. The molecule has 1 heterocycles. The summed E-state index contributed by atoms with van der Waals surface area (Å²) in [7, 11) is 0. The third-order valence-corrected chi connectivity index (χ3v) is 4.44. The van der Waals surface area contributed by atoms with Gasteiger partial charge in [-0.05, 0) is 49.6 Å². The van der Waals surface area contributed by atoms with Gasteiger partial charge < -0.3 is 11.1 Å². The fourth-order valence-corrected chi connectivity index (χ4v) is 2.77. The average molecular weight is 361 g/mol. The molecule has 0 saturated heterocycles. The molecule has 6 nitrogen and oxygen atoms in total. The Morgan fingerprint density at radius 1 is 1.11 bits per heavy atom. The lowest BCUT2D eigenvalue weighted by atomic mass is 10.1. The Morgan fingerprint density at radius 2 is 1.85 bits per heavy atom. The minimum Gasteiger partial charge on any atom is -0.369 e. The minimum atomic E-state index is -0.205. The van der Waals surface area contributed by atoms with Crippen molar-refractivity contribution < 1.29 is 0 Å². The van der Waals surface area contributed by atoms with Crippen LogP contribution in [0.15, 0.2) is 58.3 Å². The van der Waals surface area contributed by atoms with Crippen LogP contribution in [0.5, 0.6) is 0 Å². The lowest BCUT2D eigenvalue weighted by Gasteiger charge is -2.09. The second kappa shape index (κ2) is 7.86. The first-order valence-corrected chi connectivity index (χ1v) is 8.74. The molecular weight excluding hydrogens is 338 g/mol. The first-order valence-electron chi connectivity index (χ1n) is 8.74. The highest BCUT2D eigenvalue weighted by atomic mass is 16.1. The standard InChI is InChI=1S/C21H23N5O/c1-13-9-10-17(11-14(13)2)24-20(22)26-21-23-15(3)18(19(27)25-21)12-16-7-5-4-6-8-16/h4-11H,12H2,1-3H3,(H4,22,23,24,25,26,27). The predicted octanol–water partition coefficient (Wildman–Crippen LogP) is 3.34. The van der Waals surface area contributed by atoms with E-state index in [4.69, 9.17) is 5.73 Å². The smallest absolute Gasteiger partial charge is 0.256 e. The zero-order valence-electron chi connectivity index (χ0n) is 15.7. The monoisotopic (exact) mass is 361 g/mol. The van der Waals surface area contributed by atoms with Crippen molar-refractivity contribution in [3.63, 3.8) is 0 Å². The van der Waals surface area contributed by atoms with Gasteiger partial charge in [-0.3, -0.25) is 9.78 Å². The van der Waals surface area contributed by atoms with Gasteiger partial charge in [0, 0.05) is 17.7 Å². The molecule has 0 spiro atoms. The number of aromatic amines is 1. The molecule has 0 bridgehead atoms. The van der Waals surface area contributed by atoms with Gasteiger partial charge in [0.2, 0.25) is 11.9 Å². The molecule has 138 valence electrons. The third-order valence-electron chi connectivity index (χ3n) is 4.44. The highest BCUT2D eigenvalue weighted by Crippen LogP contribution is 2.15. The number of aromatic nitrogens is 2. The van der Waals surface area contributed by atoms with Gasteiger partial charge in [0.15, 0.2) is 0 Å². The number of nitrogens with zero attached hydrogens (tertiary/aromatic N) is 2. The predicted molar refractivity (Wildman–Crippen MR) is 110 cm³/mol. The summed E-state index contributed by atoms with van der Waals surface area (Å²) in [5.41, 5.74) is 11.3. The Labute approximate surface area is 158 Å². The van der Waals surface area contributed by atoms with Gasteiger partial charge in [0.25, 0.3) is 5.56 Å². The maximum atomic E-state index is 12.5. The van der Waals surface area contributed by atoms with Gasteiger partial charge in [0.1, 0.15) is 0 Å². The Hall–Kier alpha value is -3.41. The SMILES string of the molecule is Cc1ccc(N/C(N)=N/c2nc(C)c(Cc3ccccc3)c(=O)[nH]2)cc1C. The molecule has 1 aromatic heterocycles. The second-order valence-corrected chi connectivity index (χ2v) is 6.54. The zero-order valence-corrected chi connectivity index (χ0v) is 15.7. The minimum absolute atomic E-state index is 0.164. The van der Waals surface area contributed by atoms with E-state index in [0.29, 0.717) is 17.7 Å². The van der Waals surface area contributed by atoms with E-state index < -0.39 is 0 Å². The van der Waals surface area contributed by atoms with E-state index in [-0.39, 0.29) is 17.5 Å². The maximum Gasteiger partial charge on any atom is 0.256 e. The molecule has 0 aliphatic heterocycles. The van der Waals surface area contributed by atoms with Crippen LogP contribution in [0.2, 0.25) is 0 Å². The summed E-state index contributed by atoms with van der Waals surface area (Å²) >= 11 is 0. The van der Waals surface area contributed by atoms with Crippen molar-refractivity contribution in [2.24, 2.45) is 10.7 Å². The summed E-state index contributed by atoms with van der Waals surface area (Å²) < 4.78 is 0. The normalized spacial score (nSPS) is 11.4. The Morgan fingerprint density at radius 3 is 2.52 bits per heavy atom. The van der Waals surface area contributed by atoms with E-state index in [1.807, 2.05) is 62.4 Å². The molecule has 6 heteroatoms. The molecule has 3 rings (SSSR count). The van der Waals surface area contributed by atoms with Crippen molar-refractivity contribution in [1.29, 1.82) is 0 Å². The van der Waals surface area contributed by atoms with Gasteiger partial charge in [-0.2, -0.15) is 4.99 Å². The van der Waals surface area contributed by atoms with Crippen LogP contribution in [0.1, 0.15) is 27.9 Å². The molecule has 27 heavy (non-hydrogen) atoms. The number of benzene rings is 2. The number of anilines is 1. The number of nitrogens with one attached hydrogen (secondary N) is 2. The lowest BCUT2D eigenvalue weighted by Crippen LogP contribution is -2.23. The number of hydrogen-bond acceptors (Lipinski definition) is 3. The van der Waals surface area contributed by atoms with Crippen LogP contribution in [0, 0.1) is 20.8 Å². The summed E-state index contributed by atoms with van der Waals surface area (Å²) in [5.74, 6) is 0.347. The van der Waals surface area contributed by atoms with Gasteiger partial charge in [-0.1, -0.05) is 36.4 Å². The van der Waals surface area contributed by atoms with Crippen LogP contribution >= 0.6 is 0 Å². The first-order chi connectivity index (χ1) is 12.9. The highest BCUT2D eigenvalue weighted by Gasteiger charge is 2.09. The number of rotatable bonds is 4. The fourth-order valence-electron chi connectivity index (χ4n) is 2.77. The van der Waals surface area contributed by atoms with Crippen molar-refractivity contribution in [2.45, 2.75) is 27.2 Å². The summed E-state index contributed by atoms with van der Waals surface area (Å²) in [5, 5.41) is 3.02. The molecule has 0 aliphatic carbocycles. The van der Waals surface area contributed by atoms with E-state index in [0.717, 1.165) is 16.8 Å². The van der Waals surface area contributed by atoms with Crippen LogP contribution in [0.3, 0.4) is 0 Å². The van der Waals surface area contributed by atoms with Crippen molar-refractivity contribution in [3.05, 3.63) is 86.8 Å². The van der Waals surface area contributed by atoms with Crippen molar-refractivity contribution >= 4 is 17.6 Å². The second-order valence-electron chi connectivity index (χ2n) is 6.54. The lowest BCUT2D eigenvalue weighted by molar-refractivity contribution is 0.973. The number of aryl methyl sites for hydroxylation is 3. The van der Waals surface area contributed by atoms with Crippen LogP contribution in [0.4, 0.5) is 11.6 Å². The first kappa shape index (κ1) is 18.4. The molecule has 0 fully saturated rings. The van der Waals surface area contributed by atoms with Crippen molar-refractivity contribution in [2.75, 3.05) is 5.32 Å². The maximum absolute atomic E-state index is 12.5. The third kappa shape index (κ3) is 4.61. The zero-order chi connectivity index (χ0) is 19.4. The molecule has 3 aromatic rings. The van der Waals surface area contributed by atoms with E-state index in [1.165, 1.54) is 5.56 Å². The van der Waals surface area contributed by atoms with E-state index in [2.05, 4.69) is 20.3 Å². The largest absolute Gasteiger partial charge is 0.369 e. The van der Waals surface area contributed by atoms with E-state index in [9.17, 15) is 4.79 Å². The van der Waals surface area contributed by atoms with Crippen LogP contribution in [-0.4, -0.2) is 15.9 Å².